The molecule has 2 amide bonds. The summed E-state index contributed by atoms with van der Waals surface area (Å²) < 4.78 is 20.8. The van der Waals surface area contributed by atoms with Crippen LogP contribution in [0.2, 0.25) is 0 Å². The number of hydrogen-bond donors (Lipinski definition) is 3. The van der Waals surface area contributed by atoms with Crippen LogP contribution in [-0.2, 0) is 52.2 Å². The Balaban J connectivity index is 1.03. The van der Waals surface area contributed by atoms with Crippen LogP contribution in [0.25, 0.3) is 5.65 Å². The smallest absolute Gasteiger partial charge is 0.355 e. The van der Waals surface area contributed by atoms with Crippen LogP contribution < -0.4 is 25.7 Å². The van der Waals surface area contributed by atoms with Crippen LogP contribution in [0.4, 0.5) is 10.9 Å². The van der Waals surface area contributed by atoms with Crippen molar-refractivity contribution in [3.05, 3.63) is 178 Å². The molecule has 0 aliphatic carbocycles. The van der Waals surface area contributed by atoms with Crippen molar-refractivity contribution in [2.75, 3.05) is 29.7 Å². The Hall–Kier alpha value is -7.68. The highest BCUT2D eigenvalue weighted by Crippen LogP contribution is 2.43. The molecular weight excluding hydrogens is 1020 g/mol. The van der Waals surface area contributed by atoms with Crippen molar-refractivity contribution in [3.8, 4) is 5.75 Å². The summed E-state index contributed by atoms with van der Waals surface area (Å²) in [4.78, 5) is 74.0. The number of carbonyl (C=O) groups excluding carboxylic acids is 4. The maximum Gasteiger partial charge on any atom is 0.355 e. The maximum atomic E-state index is 14.8. The number of thioether (sulfide) groups is 2. The van der Waals surface area contributed by atoms with Crippen LogP contribution in [-0.4, -0.2) is 90.0 Å². The molecule has 392 valence electrons. The molecule has 2 unspecified atom stereocenters. The van der Waals surface area contributed by atoms with Gasteiger partial charge in [0.05, 0.1) is 19.7 Å². The third-order valence-electron chi connectivity index (χ3n) is 12.5. The highest BCUT2D eigenvalue weighted by atomic mass is 32.2. The van der Waals surface area contributed by atoms with Crippen LogP contribution in [0.5, 0.6) is 5.75 Å². The van der Waals surface area contributed by atoms with Crippen LogP contribution in [0.1, 0.15) is 69.5 Å². The first-order chi connectivity index (χ1) is 36.5. The Morgan fingerprint density at radius 3 is 2.12 bits per heavy atom. The molecule has 2 aliphatic heterocycles. The summed E-state index contributed by atoms with van der Waals surface area (Å²) in [6, 6.07) is 37.8. The third kappa shape index (κ3) is 11.1. The van der Waals surface area contributed by atoms with Gasteiger partial charge in [0.15, 0.2) is 10.8 Å². The minimum Gasteiger partial charge on any atom is -0.497 e. The Labute approximate surface area is 452 Å². The van der Waals surface area contributed by atoms with Crippen molar-refractivity contribution in [1.82, 2.24) is 24.6 Å². The number of imidazole rings is 1. The molecule has 0 bridgehead atoms. The molecule has 17 nitrogen and oxygen atoms in total. The van der Waals surface area contributed by atoms with E-state index in [1.807, 2.05) is 119 Å². The number of thiazole rings is 1. The van der Waals surface area contributed by atoms with Gasteiger partial charge in [-0.05, 0) is 81.5 Å². The number of nitrogens with zero attached hydrogens (tertiary/aromatic N) is 6. The standard InChI is InChI=1S/C56H57N9O8S3/c1-8-63-28-29-64-43(63)30-42(57)59-53(64)76-33-36-32-74-49-45(48(67)65(49)46(36)50(68)71-31-35-24-26-40(70-7)27-25-35)60-47(66)44(62-73-55(5,6)51(69)72-54(2,3)4)41-34-75-52(58-41)61-56(37-18-12-9-13-19-37,38-20-14-10-15-21-38)39-22-16-11-17-23-39/h9-30,34,45,49,57H,8,31-33H2,1-7H3,(H2,58,60,61,66)/p+1/b62-44-. The quantitative estimate of drug-likeness (QED) is 0.0102. The van der Waals surface area contributed by atoms with E-state index >= 15 is 0 Å². The molecular formula is C56H58N9O8S3+. The lowest BCUT2D eigenvalue weighted by atomic mass is 9.77. The molecule has 9 rings (SSSR count). The van der Waals surface area contributed by atoms with Crippen LogP contribution in [0, 0.1) is 0 Å². The first-order valence-corrected chi connectivity index (χ1v) is 27.4. The number of benzene rings is 4. The molecule has 76 heavy (non-hydrogen) atoms. The van der Waals surface area contributed by atoms with E-state index in [0.717, 1.165) is 28.9 Å². The Morgan fingerprint density at radius 2 is 1.53 bits per heavy atom. The molecule has 7 aromatic rings. The molecule has 0 radical (unpaired) electrons. The van der Waals surface area contributed by atoms with Gasteiger partial charge in [-0.2, -0.15) is 9.38 Å². The second-order valence-corrected chi connectivity index (χ2v) is 22.3. The predicted molar refractivity (Wildman–Crippen MR) is 294 cm³/mol. The number of nitrogens with two attached hydrogens (primary N) is 1. The van der Waals surface area contributed by atoms with Gasteiger partial charge in [-0.25, -0.2) is 19.1 Å². The van der Waals surface area contributed by atoms with Gasteiger partial charge in [0, 0.05) is 16.9 Å². The first kappa shape index (κ1) is 53.2. The average molecular weight is 1080 g/mol. The maximum absolute atomic E-state index is 14.8. The number of fused-ring (bicyclic) bond motifs is 2. The number of aromatic nitrogens is 4. The molecule has 5 heterocycles. The Kier molecular flexibility index (Phi) is 15.6. The SMILES string of the molecule is CC[n+]1ccn2c(SCC3=C(C(=O)OCc4ccc(OC)cc4)N4C(=O)C(NC(=O)/C(=N\OC(C)(C)C(=O)OC(C)(C)C)c5csc(NC(c6ccccc6)(c6ccccc6)c6ccccc6)n5)C4SC3)nc(N)cc21. The van der Waals surface area contributed by atoms with E-state index in [9.17, 15) is 19.2 Å². The fourth-order valence-electron chi connectivity index (χ4n) is 8.72. The second-order valence-electron chi connectivity index (χ2n) is 19.4. The number of aryl methyl sites for hydroxylation is 1. The molecule has 1 fully saturated rings. The van der Waals surface area contributed by atoms with E-state index in [2.05, 4.69) is 20.8 Å². The van der Waals surface area contributed by atoms with Crippen molar-refractivity contribution >= 4 is 80.9 Å². The largest absolute Gasteiger partial charge is 0.497 e. The zero-order valence-corrected chi connectivity index (χ0v) is 45.5. The number of nitrogen functional groups attached to an aromatic ring is 1. The highest BCUT2D eigenvalue weighted by Gasteiger charge is 2.55. The zero-order chi connectivity index (χ0) is 53.8. The van der Waals surface area contributed by atoms with Crippen LogP contribution >= 0.6 is 34.9 Å². The van der Waals surface area contributed by atoms with Gasteiger partial charge < -0.3 is 35.4 Å². The van der Waals surface area contributed by atoms with Crippen molar-refractivity contribution in [2.24, 2.45) is 5.16 Å². The number of carbonyl (C=O) groups is 4. The average Bonchev–Trinajstić information content (AvgIpc) is 4.10. The van der Waals surface area contributed by atoms with Gasteiger partial charge in [0.2, 0.25) is 5.60 Å². The molecule has 2 aliphatic rings. The van der Waals surface area contributed by atoms with Gasteiger partial charge >= 0.3 is 11.9 Å². The zero-order valence-electron chi connectivity index (χ0n) is 43.0. The number of rotatable bonds is 19. The molecule has 0 spiro atoms. The van der Waals surface area contributed by atoms with Crippen LogP contribution in [0.15, 0.2) is 161 Å². The number of oxime groups is 1. The molecule has 3 aromatic heterocycles. The summed E-state index contributed by atoms with van der Waals surface area (Å²) >= 11 is 4.00. The lowest BCUT2D eigenvalue weighted by Crippen LogP contribution is -2.71. The van der Waals surface area contributed by atoms with Gasteiger partial charge in [-0.3, -0.25) is 14.5 Å². The van der Waals surface area contributed by atoms with Gasteiger partial charge in [-0.1, -0.05) is 120 Å². The summed E-state index contributed by atoms with van der Waals surface area (Å²) in [6.45, 7) is 10.8. The number of anilines is 2. The number of ether oxygens (including phenoxy) is 3. The van der Waals surface area contributed by atoms with E-state index in [-0.39, 0.29) is 29.5 Å². The number of methoxy groups -OCH3 is 1. The van der Waals surface area contributed by atoms with Crippen LogP contribution in [0.3, 0.4) is 0 Å². The molecule has 0 saturated carbocycles. The number of amides is 2. The lowest BCUT2D eigenvalue weighted by molar-refractivity contribution is -0.667. The van der Waals surface area contributed by atoms with E-state index in [4.69, 9.17) is 29.8 Å². The van der Waals surface area contributed by atoms with Crippen molar-refractivity contribution < 1.29 is 42.8 Å². The number of nitrogens with one attached hydrogen (secondary N) is 2. The highest BCUT2D eigenvalue weighted by molar-refractivity contribution is 8.01. The van der Waals surface area contributed by atoms with Gasteiger partial charge in [0.25, 0.3) is 22.6 Å². The monoisotopic (exact) mass is 1080 g/mol. The van der Waals surface area contributed by atoms with Crippen molar-refractivity contribution in [1.29, 1.82) is 0 Å². The molecule has 4 N–H and O–H groups in total. The van der Waals surface area contributed by atoms with E-state index in [1.165, 1.54) is 53.6 Å². The molecule has 20 heteroatoms. The number of β-lactam (4-membered cyclic amide) rings is 1. The Morgan fingerprint density at radius 1 is 0.895 bits per heavy atom. The second kappa shape index (κ2) is 22.3. The topological polar surface area (TPSA) is 205 Å². The number of hydrogen-bond acceptors (Lipinski definition) is 16. The van der Waals surface area contributed by atoms with Crippen molar-refractivity contribution in [3.63, 3.8) is 0 Å². The van der Waals surface area contributed by atoms with E-state index in [1.54, 1.807) is 63.6 Å². The fraction of sp³-hybridized carbons (Fsp3) is 0.286. The molecule has 4 aromatic carbocycles. The lowest BCUT2D eigenvalue weighted by Gasteiger charge is -2.49. The molecule has 2 atom stereocenters. The summed E-state index contributed by atoms with van der Waals surface area (Å²) in [5.74, 6) is -1.20. The third-order valence-corrected chi connectivity index (χ3v) is 15.7. The minimum absolute atomic E-state index is 0.0718. The number of esters is 2. The summed E-state index contributed by atoms with van der Waals surface area (Å²) in [7, 11) is 1.57. The summed E-state index contributed by atoms with van der Waals surface area (Å²) in [6.07, 6.45) is 3.85. The Bertz CT molecular complexity index is 3230. The predicted octanol–water partition coefficient (Wildman–Crippen LogP) is 8.12. The van der Waals surface area contributed by atoms with Gasteiger partial charge in [-0.15, -0.1) is 23.1 Å². The normalized spacial score (nSPS) is 15.9. The minimum atomic E-state index is -1.66. The van der Waals surface area contributed by atoms with Crippen molar-refractivity contribution in [2.45, 2.75) is 88.0 Å². The summed E-state index contributed by atoms with van der Waals surface area (Å²) in [5.41, 5.74) is 7.69. The fourth-order valence-corrected chi connectivity index (χ4v) is 11.9. The van der Waals surface area contributed by atoms with E-state index < -0.39 is 51.9 Å². The summed E-state index contributed by atoms with van der Waals surface area (Å²) in [5, 5.41) is 12.9. The molecule has 1 saturated heterocycles. The van der Waals surface area contributed by atoms with E-state index in [0.29, 0.717) is 38.7 Å². The van der Waals surface area contributed by atoms with Gasteiger partial charge in [0.1, 0.15) is 64.5 Å². The first-order valence-electron chi connectivity index (χ1n) is 24.5.